The van der Waals surface area contributed by atoms with Crippen molar-refractivity contribution >= 4 is 35.1 Å². The van der Waals surface area contributed by atoms with Gasteiger partial charge in [0.25, 0.3) is 11.5 Å². The molecule has 2 heterocycles. The second-order valence-electron chi connectivity index (χ2n) is 4.85. The van der Waals surface area contributed by atoms with Gasteiger partial charge in [-0.1, -0.05) is 23.2 Å². The van der Waals surface area contributed by atoms with E-state index in [2.05, 4.69) is 10.4 Å². The molecule has 108 valence electrons. The molecule has 1 fully saturated rings. The van der Waals surface area contributed by atoms with E-state index < -0.39 is 17.1 Å². The normalized spacial score (nSPS) is 17.5. The number of carbonyl (C=O) groups is 2. The first-order valence-corrected chi connectivity index (χ1v) is 6.55. The number of rotatable bonds is 3. The van der Waals surface area contributed by atoms with Gasteiger partial charge in [0, 0.05) is 0 Å². The van der Waals surface area contributed by atoms with E-state index in [1.54, 1.807) is 13.8 Å². The Morgan fingerprint density at radius 1 is 1.25 bits per heavy atom. The van der Waals surface area contributed by atoms with Gasteiger partial charge >= 0.3 is 6.03 Å². The van der Waals surface area contributed by atoms with Crippen LogP contribution in [0.1, 0.15) is 13.8 Å². The minimum Gasteiger partial charge on any atom is -0.324 e. The lowest BCUT2D eigenvalue weighted by Crippen LogP contribution is -2.41. The van der Waals surface area contributed by atoms with Crippen molar-refractivity contribution in [1.29, 1.82) is 0 Å². The third kappa shape index (κ3) is 2.51. The molecule has 0 saturated carbocycles. The number of nitrogens with zero attached hydrogens (tertiary/aromatic N) is 3. The summed E-state index contributed by atoms with van der Waals surface area (Å²) in [5.41, 5.74) is -1.50. The van der Waals surface area contributed by atoms with Crippen LogP contribution in [0.15, 0.2) is 11.0 Å². The molecule has 1 aromatic heterocycles. The maximum atomic E-state index is 12.0. The van der Waals surface area contributed by atoms with Crippen molar-refractivity contribution < 1.29 is 9.59 Å². The number of halogens is 2. The second-order valence-corrected chi connectivity index (χ2v) is 5.63. The van der Waals surface area contributed by atoms with Gasteiger partial charge < -0.3 is 5.32 Å². The summed E-state index contributed by atoms with van der Waals surface area (Å²) in [6.45, 7) is 3.29. The van der Waals surface area contributed by atoms with Crippen molar-refractivity contribution in [2.24, 2.45) is 0 Å². The zero-order valence-electron chi connectivity index (χ0n) is 10.8. The Morgan fingerprint density at radius 3 is 2.45 bits per heavy atom. The van der Waals surface area contributed by atoms with Crippen molar-refractivity contribution in [3.63, 3.8) is 0 Å². The molecule has 1 aliphatic rings. The van der Waals surface area contributed by atoms with E-state index >= 15 is 0 Å². The molecule has 20 heavy (non-hydrogen) atoms. The van der Waals surface area contributed by atoms with Gasteiger partial charge in [0.05, 0.1) is 24.3 Å². The highest BCUT2D eigenvalue weighted by Gasteiger charge is 2.43. The van der Waals surface area contributed by atoms with Crippen LogP contribution in [0.3, 0.4) is 0 Å². The first-order chi connectivity index (χ1) is 9.24. The van der Waals surface area contributed by atoms with Crippen LogP contribution >= 0.6 is 23.2 Å². The Hall–Kier alpha value is -1.60. The summed E-state index contributed by atoms with van der Waals surface area (Å²) in [6, 6.07) is -0.492. The number of urea groups is 1. The standard InChI is InChI=1S/C11H12Cl2N4O3/c1-11(2)9(19)16(10(20)15-11)3-4-17-8(18)7(13)6(12)5-14-17/h5H,3-4H2,1-2H3,(H,15,20). The van der Waals surface area contributed by atoms with Gasteiger partial charge in [-0.3, -0.25) is 14.5 Å². The van der Waals surface area contributed by atoms with Gasteiger partial charge in [-0.05, 0) is 13.8 Å². The maximum Gasteiger partial charge on any atom is 0.325 e. The van der Waals surface area contributed by atoms with Gasteiger partial charge in [-0.15, -0.1) is 0 Å². The molecule has 2 rings (SSSR count). The fourth-order valence-electron chi connectivity index (χ4n) is 1.82. The molecule has 0 unspecified atom stereocenters. The Balaban J connectivity index is 2.14. The number of nitrogens with one attached hydrogen (secondary N) is 1. The quantitative estimate of drug-likeness (QED) is 0.838. The SMILES string of the molecule is CC1(C)NC(=O)N(CCn2ncc(Cl)c(Cl)c2=O)C1=O. The molecule has 0 spiro atoms. The van der Waals surface area contributed by atoms with Crippen LogP contribution in [0.4, 0.5) is 4.79 Å². The molecule has 0 aromatic carbocycles. The lowest BCUT2D eigenvalue weighted by molar-refractivity contribution is -0.130. The molecular weight excluding hydrogens is 307 g/mol. The van der Waals surface area contributed by atoms with Gasteiger partial charge in [0.15, 0.2) is 0 Å². The Labute approximate surface area is 124 Å². The smallest absolute Gasteiger partial charge is 0.324 e. The predicted octanol–water partition coefficient (Wildman–Crippen LogP) is 0.880. The number of carbonyl (C=O) groups excluding carboxylic acids is 2. The lowest BCUT2D eigenvalue weighted by Gasteiger charge is -2.16. The highest BCUT2D eigenvalue weighted by molar-refractivity contribution is 6.41. The Bertz CT molecular complexity index is 641. The molecule has 1 aliphatic heterocycles. The van der Waals surface area contributed by atoms with Crippen LogP contribution in [-0.4, -0.2) is 38.7 Å². The van der Waals surface area contributed by atoms with E-state index in [4.69, 9.17) is 23.2 Å². The van der Waals surface area contributed by atoms with Crippen LogP contribution in [0.5, 0.6) is 0 Å². The fraction of sp³-hybridized carbons (Fsp3) is 0.455. The molecule has 0 bridgehead atoms. The van der Waals surface area contributed by atoms with Crippen LogP contribution in [-0.2, 0) is 11.3 Å². The molecule has 1 aromatic rings. The van der Waals surface area contributed by atoms with E-state index in [0.29, 0.717) is 0 Å². The number of amides is 3. The maximum absolute atomic E-state index is 12.0. The minimum atomic E-state index is -0.937. The number of imide groups is 1. The minimum absolute atomic E-state index is 0.0268. The number of aromatic nitrogens is 2. The third-order valence-corrected chi connectivity index (χ3v) is 3.67. The Kier molecular flexibility index (Phi) is 3.75. The molecule has 0 aliphatic carbocycles. The molecule has 9 heteroatoms. The first kappa shape index (κ1) is 14.8. The van der Waals surface area contributed by atoms with Gasteiger partial charge in [-0.25, -0.2) is 9.48 Å². The molecule has 0 atom stereocenters. The van der Waals surface area contributed by atoms with Crippen molar-refractivity contribution in [3.05, 3.63) is 26.6 Å². The van der Waals surface area contributed by atoms with Gasteiger partial charge in [-0.2, -0.15) is 5.10 Å². The zero-order valence-corrected chi connectivity index (χ0v) is 12.3. The highest BCUT2D eigenvalue weighted by atomic mass is 35.5. The van der Waals surface area contributed by atoms with Crippen molar-refractivity contribution in [2.75, 3.05) is 6.54 Å². The molecule has 1 N–H and O–H groups in total. The fourth-order valence-corrected chi connectivity index (χ4v) is 2.09. The van der Waals surface area contributed by atoms with E-state index in [0.717, 1.165) is 9.58 Å². The van der Waals surface area contributed by atoms with E-state index in [-0.39, 0.29) is 29.0 Å². The average Bonchev–Trinajstić information content (AvgIpc) is 2.56. The van der Waals surface area contributed by atoms with E-state index in [1.165, 1.54) is 6.20 Å². The summed E-state index contributed by atoms with van der Waals surface area (Å²) in [5.74, 6) is -0.351. The average molecular weight is 319 g/mol. The summed E-state index contributed by atoms with van der Waals surface area (Å²) in [5, 5.41) is 6.27. The van der Waals surface area contributed by atoms with Gasteiger partial charge in [0.2, 0.25) is 0 Å². The molecule has 0 radical (unpaired) electrons. The molecular formula is C11H12Cl2N4O3. The van der Waals surface area contributed by atoms with Crippen molar-refractivity contribution in [1.82, 2.24) is 20.0 Å². The topological polar surface area (TPSA) is 84.3 Å². The third-order valence-electron chi connectivity index (χ3n) is 2.92. The lowest BCUT2D eigenvalue weighted by atomic mass is 10.1. The second kappa shape index (κ2) is 5.06. The van der Waals surface area contributed by atoms with Crippen LogP contribution in [0.2, 0.25) is 10.0 Å². The zero-order chi connectivity index (χ0) is 15.1. The summed E-state index contributed by atoms with van der Waals surface area (Å²) >= 11 is 11.4. The number of hydrogen-bond donors (Lipinski definition) is 1. The largest absolute Gasteiger partial charge is 0.325 e. The van der Waals surface area contributed by atoms with Crippen LogP contribution in [0, 0.1) is 0 Å². The summed E-state index contributed by atoms with van der Waals surface area (Å²) in [4.78, 5) is 36.4. The molecule has 1 saturated heterocycles. The summed E-state index contributed by atoms with van der Waals surface area (Å²) < 4.78 is 1.06. The van der Waals surface area contributed by atoms with Crippen LogP contribution < -0.4 is 10.9 Å². The summed E-state index contributed by atoms with van der Waals surface area (Å²) in [6.07, 6.45) is 1.24. The number of hydrogen-bond acceptors (Lipinski definition) is 4. The predicted molar refractivity (Wildman–Crippen MR) is 72.8 cm³/mol. The van der Waals surface area contributed by atoms with E-state index in [1.807, 2.05) is 0 Å². The van der Waals surface area contributed by atoms with Crippen molar-refractivity contribution in [2.45, 2.75) is 25.9 Å². The van der Waals surface area contributed by atoms with Crippen LogP contribution in [0.25, 0.3) is 0 Å². The molecule has 3 amide bonds. The highest BCUT2D eigenvalue weighted by Crippen LogP contribution is 2.17. The summed E-state index contributed by atoms with van der Waals surface area (Å²) in [7, 11) is 0. The van der Waals surface area contributed by atoms with Gasteiger partial charge in [0.1, 0.15) is 10.6 Å². The Morgan fingerprint density at radius 2 is 1.90 bits per heavy atom. The van der Waals surface area contributed by atoms with Crippen molar-refractivity contribution in [3.8, 4) is 0 Å². The monoisotopic (exact) mass is 318 g/mol. The first-order valence-electron chi connectivity index (χ1n) is 5.79. The molecule has 7 nitrogen and oxygen atoms in total. The van der Waals surface area contributed by atoms with E-state index in [9.17, 15) is 14.4 Å².